The van der Waals surface area contributed by atoms with Crippen LogP contribution in [0.15, 0.2) is 75.2 Å². The second-order valence-corrected chi connectivity index (χ2v) is 9.80. The predicted molar refractivity (Wildman–Crippen MR) is 131 cm³/mol. The van der Waals surface area contributed by atoms with Crippen LogP contribution in [0, 0.1) is 6.92 Å². The first-order chi connectivity index (χ1) is 15.9. The zero-order valence-corrected chi connectivity index (χ0v) is 19.9. The summed E-state index contributed by atoms with van der Waals surface area (Å²) in [7, 11) is 1.83. The van der Waals surface area contributed by atoms with Gasteiger partial charge in [-0.2, -0.15) is 5.10 Å². The van der Waals surface area contributed by atoms with Crippen LogP contribution in [-0.4, -0.2) is 20.3 Å². The van der Waals surface area contributed by atoms with E-state index in [4.69, 9.17) is 0 Å². The van der Waals surface area contributed by atoms with Gasteiger partial charge in [0.15, 0.2) is 4.80 Å². The van der Waals surface area contributed by atoms with E-state index in [0.29, 0.717) is 20.6 Å². The number of nitrogens with one attached hydrogen (secondary N) is 1. The molecule has 0 saturated carbocycles. The number of anilines is 1. The Kier molecular flexibility index (Phi) is 5.43. The molecule has 1 unspecified atom stereocenters. The fraction of sp³-hybridized carbons (Fsp3) is 0.167. The Morgan fingerprint density at radius 1 is 1.18 bits per heavy atom. The molecular weight excluding hydrogens is 454 g/mol. The van der Waals surface area contributed by atoms with Crippen molar-refractivity contribution in [2.45, 2.75) is 19.9 Å². The highest BCUT2D eigenvalue weighted by molar-refractivity contribution is 7.10. The van der Waals surface area contributed by atoms with Crippen molar-refractivity contribution >= 4 is 40.3 Å². The lowest BCUT2D eigenvalue weighted by Gasteiger charge is -2.24. The van der Waals surface area contributed by atoms with Crippen molar-refractivity contribution in [3.63, 3.8) is 0 Å². The number of thiophene rings is 1. The van der Waals surface area contributed by atoms with Gasteiger partial charge < -0.3 is 5.32 Å². The lowest BCUT2D eigenvalue weighted by Crippen LogP contribution is -2.40. The Labute approximate surface area is 197 Å². The van der Waals surface area contributed by atoms with Gasteiger partial charge in [0, 0.05) is 29.4 Å². The standard InChI is InChI=1S/C24H21N5O2S2/c1-14-7-4-5-8-17(14)27-22(30)20-15(2)26-24-29(21(20)18-9-6-10-32-18)23(31)19(33-24)11-16-12-25-28(3)13-16/h4-13,21H,1-3H3,(H,27,30)/b19-11+. The smallest absolute Gasteiger partial charge is 0.271 e. The first kappa shape index (κ1) is 21.3. The Balaban J connectivity index is 1.65. The minimum Gasteiger partial charge on any atom is -0.322 e. The molecule has 1 amide bonds. The van der Waals surface area contributed by atoms with Crippen molar-refractivity contribution in [2.24, 2.45) is 12.0 Å². The largest absolute Gasteiger partial charge is 0.322 e. The Bertz CT molecular complexity index is 1570. The van der Waals surface area contributed by atoms with Crippen LogP contribution in [0.1, 0.15) is 29.0 Å². The van der Waals surface area contributed by atoms with Crippen molar-refractivity contribution in [3.05, 3.63) is 101 Å². The van der Waals surface area contributed by atoms with Crippen molar-refractivity contribution in [1.29, 1.82) is 0 Å². The Morgan fingerprint density at radius 3 is 2.70 bits per heavy atom. The highest BCUT2D eigenvalue weighted by atomic mass is 32.1. The molecule has 0 saturated heterocycles. The first-order valence-corrected chi connectivity index (χ1v) is 12.0. The molecular formula is C24H21N5O2S2. The van der Waals surface area contributed by atoms with E-state index in [0.717, 1.165) is 21.7 Å². The maximum Gasteiger partial charge on any atom is 0.271 e. The number of aryl methyl sites for hydroxylation is 2. The Hall–Kier alpha value is -3.56. The summed E-state index contributed by atoms with van der Waals surface area (Å²) in [6, 6.07) is 11.0. The van der Waals surface area contributed by atoms with Crippen LogP contribution in [0.4, 0.5) is 5.69 Å². The monoisotopic (exact) mass is 475 g/mol. The van der Waals surface area contributed by atoms with Crippen LogP contribution in [0.5, 0.6) is 0 Å². The molecule has 0 spiro atoms. The number of aromatic nitrogens is 3. The van der Waals surface area contributed by atoms with Crippen LogP contribution in [0.3, 0.4) is 0 Å². The fourth-order valence-corrected chi connectivity index (χ4v) is 5.77. The number of amides is 1. The SMILES string of the molecule is CC1=C(C(=O)Nc2ccccc2C)C(c2cccs2)n2c(s/c(=C/c3cnn(C)c3)c2=O)=N1. The quantitative estimate of drug-likeness (QED) is 0.493. The van der Waals surface area contributed by atoms with Gasteiger partial charge in [-0.25, -0.2) is 4.99 Å². The number of rotatable bonds is 4. The van der Waals surface area contributed by atoms with Crippen molar-refractivity contribution in [1.82, 2.24) is 14.3 Å². The van der Waals surface area contributed by atoms with Gasteiger partial charge in [0.2, 0.25) is 0 Å². The summed E-state index contributed by atoms with van der Waals surface area (Å²) in [4.78, 5) is 33.2. The third-order valence-electron chi connectivity index (χ3n) is 5.49. The summed E-state index contributed by atoms with van der Waals surface area (Å²) in [5.41, 5.74) is 3.45. The molecule has 3 aromatic heterocycles. The number of hydrogen-bond donors (Lipinski definition) is 1. The number of allylic oxidation sites excluding steroid dienone is 1. The van der Waals surface area contributed by atoms with Gasteiger partial charge in [0.05, 0.1) is 22.0 Å². The zero-order valence-electron chi connectivity index (χ0n) is 18.3. The summed E-state index contributed by atoms with van der Waals surface area (Å²) < 4.78 is 3.88. The number of benzene rings is 1. The maximum atomic E-state index is 13.5. The fourth-order valence-electron chi connectivity index (χ4n) is 3.90. The van der Waals surface area contributed by atoms with E-state index in [-0.39, 0.29) is 11.5 Å². The van der Waals surface area contributed by atoms with Gasteiger partial charge in [-0.3, -0.25) is 18.8 Å². The van der Waals surface area contributed by atoms with Crippen LogP contribution in [-0.2, 0) is 11.8 Å². The summed E-state index contributed by atoms with van der Waals surface area (Å²) in [5, 5.41) is 9.14. The van der Waals surface area contributed by atoms with Crippen molar-refractivity contribution in [2.75, 3.05) is 5.32 Å². The predicted octanol–water partition coefficient (Wildman–Crippen LogP) is 2.98. The molecule has 33 heavy (non-hydrogen) atoms. The van der Waals surface area contributed by atoms with Crippen LogP contribution in [0.25, 0.3) is 6.08 Å². The molecule has 4 heterocycles. The molecule has 1 atom stereocenters. The maximum absolute atomic E-state index is 13.5. The Morgan fingerprint density at radius 2 is 2.00 bits per heavy atom. The first-order valence-electron chi connectivity index (χ1n) is 10.3. The number of nitrogens with zero attached hydrogens (tertiary/aromatic N) is 4. The van der Waals surface area contributed by atoms with Crippen LogP contribution < -0.4 is 20.2 Å². The van der Waals surface area contributed by atoms with E-state index >= 15 is 0 Å². The molecule has 0 radical (unpaired) electrons. The highest BCUT2D eigenvalue weighted by Crippen LogP contribution is 2.33. The van der Waals surface area contributed by atoms with E-state index in [1.807, 2.05) is 74.9 Å². The molecule has 1 aliphatic rings. The van der Waals surface area contributed by atoms with Gasteiger partial charge in [-0.1, -0.05) is 35.6 Å². The van der Waals surface area contributed by atoms with Crippen LogP contribution in [0.2, 0.25) is 0 Å². The van der Waals surface area contributed by atoms with Gasteiger partial charge in [-0.15, -0.1) is 11.3 Å². The molecule has 1 aromatic carbocycles. The van der Waals surface area contributed by atoms with E-state index < -0.39 is 6.04 Å². The molecule has 5 rings (SSSR count). The molecule has 0 aliphatic carbocycles. The minimum atomic E-state index is -0.540. The molecule has 7 nitrogen and oxygen atoms in total. The minimum absolute atomic E-state index is 0.172. The second-order valence-electron chi connectivity index (χ2n) is 7.81. The molecule has 0 bridgehead atoms. The zero-order chi connectivity index (χ0) is 23.1. The number of para-hydroxylation sites is 1. The normalized spacial score (nSPS) is 16.0. The number of hydrogen-bond acceptors (Lipinski definition) is 6. The van der Waals surface area contributed by atoms with E-state index in [2.05, 4.69) is 15.4 Å². The molecule has 166 valence electrons. The van der Waals surface area contributed by atoms with Crippen molar-refractivity contribution < 1.29 is 4.79 Å². The van der Waals surface area contributed by atoms with Crippen molar-refractivity contribution in [3.8, 4) is 0 Å². The molecule has 1 aliphatic heterocycles. The third-order valence-corrected chi connectivity index (χ3v) is 7.40. The van der Waals surface area contributed by atoms with Gasteiger partial charge in [-0.05, 0) is 43.0 Å². The highest BCUT2D eigenvalue weighted by Gasteiger charge is 2.33. The average molecular weight is 476 g/mol. The van der Waals surface area contributed by atoms with E-state index in [1.165, 1.54) is 22.7 Å². The summed E-state index contributed by atoms with van der Waals surface area (Å²) in [5.74, 6) is -0.259. The molecule has 1 N–H and O–H groups in total. The summed E-state index contributed by atoms with van der Waals surface area (Å²) in [6.45, 7) is 3.77. The number of thiazole rings is 1. The topological polar surface area (TPSA) is 81.3 Å². The van der Waals surface area contributed by atoms with E-state index in [1.54, 1.807) is 15.4 Å². The number of carbonyl (C=O) groups excluding carboxylic acids is 1. The van der Waals surface area contributed by atoms with Gasteiger partial charge in [0.1, 0.15) is 6.04 Å². The second kappa shape index (κ2) is 8.42. The van der Waals surface area contributed by atoms with Crippen LogP contribution >= 0.6 is 22.7 Å². The van der Waals surface area contributed by atoms with Gasteiger partial charge >= 0.3 is 0 Å². The number of carbonyl (C=O) groups is 1. The lowest BCUT2D eigenvalue weighted by molar-refractivity contribution is -0.113. The summed E-state index contributed by atoms with van der Waals surface area (Å²) in [6.07, 6.45) is 5.37. The average Bonchev–Trinajstić information content (AvgIpc) is 3.51. The summed E-state index contributed by atoms with van der Waals surface area (Å²) >= 11 is 2.84. The molecule has 0 fully saturated rings. The third kappa shape index (κ3) is 3.90. The number of fused-ring (bicyclic) bond motifs is 1. The molecule has 4 aromatic rings. The van der Waals surface area contributed by atoms with Gasteiger partial charge in [0.25, 0.3) is 11.5 Å². The van der Waals surface area contributed by atoms with E-state index in [9.17, 15) is 9.59 Å². The molecule has 9 heteroatoms. The lowest BCUT2D eigenvalue weighted by atomic mass is 10.0.